The van der Waals surface area contributed by atoms with Crippen LogP contribution in [0, 0.1) is 0 Å². The number of aliphatic hydroxyl groups is 2. The van der Waals surface area contributed by atoms with Gasteiger partial charge in [-0.15, -0.1) is 0 Å². The quantitative estimate of drug-likeness (QED) is 0.638. The number of amides is 1. The summed E-state index contributed by atoms with van der Waals surface area (Å²) in [7, 11) is 0. The normalized spacial score (nSPS) is 30.2. The Balaban J connectivity index is 1.67. The molecule has 0 aromatic carbocycles. The van der Waals surface area contributed by atoms with Crippen molar-refractivity contribution in [3.8, 4) is 0 Å². The average molecular weight is 415 g/mol. The number of ether oxygens (including phenoxy) is 2. The number of nitrogens with one attached hydrogen (secondary N) is 1. The van der Waals surface area contributed by atoms with Crippen LogP contribution in [0.2, 0.25) is 0 Å². The van der Waals surface area contributed by atoms with Crippen molar-refractivity contribution in [2.45, 2.75) is 62.6 Å². The van der Waals surface area contributed by atoms with Crippen LogP contribution in [0.15, 0.2) is 29.2 Å². The van der Waals surface area contributed by atoms with Crippen LogP contribution in [0.1, 0.15) is 38.3 Å². The fraction of sp³-hybridized carbons (Fsp3) is 0.611. The molecule has 1 fully saturated rings. The largest absolute Gasteiger partial charge is 0.442 e. The Morgan fingerprint density at radius 2 is 2.21 bits per heavy atom. The summed E-state index contributed by atoms with van der Waals surface area (Å²) in [4.78, 5) is 27.7. The topological polar surface area (TPSA) is 123 Å². The van der Waals surface area contributed by atoms with Gasteiger partial charge in [0.15, 0.2) is 6.10 Å². The number of aliphatic hydroxyl groups excluding tert-OH is 2. The van der Waals surface area contributed by atoms with Gasteiger partial charge in [-0.3, -0.25) is 9.88 Å². The van der Waals surface area contributed by atoms with Crippen LogP contribution in [0.4, 0.5) is 19.4 Å². The highest BCUT2D eigenvalue weighted by atomic mass is 19.3. The predicted molar refractivity (Wildman–Crippen MR) is 96.6 cm³/mol. The molecule has 3 unspecified atom stereocenters. The summed E-state index contributed by atoms with van der Waals surface area (Å²) in [5, 5.41) is 20.9. The number of carbonyl (C=O) groups excluding carboxylic acids is 1. The molecule has 1 aliphatic carbocycles. The molecule has 160 valence electrons. The number of halogens is 2. The summed E-state index contributed by atoms with van der Waals surface area (Å²) >= 11 is 0. The second-order valence-corrected chi connectivity index (χ2v) is 6.97. The van der Waals surface area contributed by atoms with E-state index in [1.54, 1.807) is 0 Å². The highest BCUT2D eigenvalue weighted by Gasteiger charge is 2.59. The lowest BCUT2D eigenvalue weighted by Gasteiger charge is -2.21. The van der Waals surface area contributed by atoms with Gasteiger partial charge in [0.2, 0.25) is 6.23 Å². The molecule has 1 amide bonds. The lowest BCUT2D eigenvalue weighted by atomic mass is 10.0. The van der Waals surface area contributed by atoms with E-state index >= 15 is 0 Å². The van der Waals surface area contributed by atoms with E-state index in [1.165, 1.54) is 0 Å². The molecule has 2 aliphatic rings. The highest BCUT2D eigenvalue weighted by molar-refractivity contribution is 5.83. The third-order valence-electron chi connectivity index (χ3n) is 4.84. The molecule has 0 spiro atoms. The van der Waals surface area contributed by atoms with E-state index in [9.17, 15) is 23.5 Å². The van der Waals surface area contributed by atoms with Crippen molar-refractivity contribution in [2.24, 2.45) is 0 Å². The molecule has 1 aliphatic heterocycles. The lowest BCUT2D eigenvalue weighted by molar-refractivity contribution is -0.140. The minimum atomic E-state index is -3.81. The Bertz CT molecular complexity index is 815. The molecule has 3 N–H and O–H groups in total. The van der Waals surface area contributed by atoms with E-state index < -0.39 is 48.9 Å². The van der Waals surface area contributed by atoms with Crippen LogP contribution >= 0.6 is 0 Å². The van der Waals surface area contributed by atoms with E-state index in [4.69, 9.17) is 14.6 Å². The van der Waals surface area contributed by atoms with Crippen molar-refractivity contribution in [1.82, 2.24) is 9.55 Å². The van der Waals surface area contributed by atoms with E-state index in [-0.39, 0.29) is 5.82 Å². The fourth-order valence-electron chi connectivity index (χ4n) is 3.28. The minimum absolute atomic E-state index is 0.174. The summed E-state index contributed by atoms with van der Waals surface area (Å²) < 4.78 is 39.0. The molecule has 11 heteroatoms. The molecular formula is C18H23F2N3O6. The van der Waals surface area contributed by atoms with E-state index in [1.807, 2.05) is 12.2 Å². The molecule has 4 atom stereocenters. The number of anilines is 1. The van der Waals surface area contributed by atoms with Crippen LogP contribution < -0.4 is 11.0 Å². The Morgan fingerprint density at radius 3 is 2.90 bits per heavy atom. The maximum Gasteiger partial charge on any atom is 0.413 e. The van der Waals surface area contributed by atoms with Crippen LogP contribution in [-0.2, 0) is 9.47 Å². The maximum absolute atomic E-state index is 14.2. The third kappa shape index (κ3) is 4.80. The maximum atomic E-state index is 14.2. The van der Waals surface area contributed by atoms with Crippen molar-refractivity contribution in [1.29, 1.82) is 0 Å². The Hall–Kier alpha value is -2.37. The predicted octanol–water partition coefficient (Wildman–Crippen LogP) is 1.57. The summed E-state index contributed by atoms with van der Waals surface area (Å²) in [6, 6.07) is 1.13. The fourth-order valence-corrected chi connectivity index (χ4v) is 3.28. The smallest absolute Gasteiger partial charge is 0.413 e. The number of allylic oxidation sites excluding steroid dienone is 1. The molecule has 1 saturated heterocycles. The van der Waals surface area contributed by atoms with E-state index in [0.717, 1.165) is 37.9 Å². The summed E-state index contributed by atoms with van der Waals surface area (Å²) in [6.07, 6.45) is 2.25. The SMILES string of the molecule is O=C(Nc1ccn(C2OC(CO)[C@H](O)C2(F)F)c(=O)n1)OC1/C=C/CCCCC1. The van der Waals surface area contributed by atoms with Gasteiger partial charge in [-0.2, -0.15) is 13.8 Å². The number of hydrogen-bond acceptors (Lipinski definition) is 7. The third-order valence-corrected chi connectivity index (χ3v) is 4.84. The number of rotatable bonds is 4. The standard InChI is InChI=1S/C18H23F2N3O6/c19-18(20)14(25)12(10-24)29-15(18)23-9-8-13(21-16(23)26)22-17(27)28-11-6-4-2-1-3-5-7-11/h4,6,8-9,11-12,14-15,24-25H,1-3,5,7,10H2,(H,21,22,26,27)/b6-4+/t11?,12?,14-,15?/m0/s1. The van der Waals surface area contributed by atoms with Gasteiger partial charge in [0.1, 0.15) is 18.0 Å². The van der Waals surface area contributed by atoms with Crippen LogP contribution in [0.3, 0.4) is 0 Å². The van der Waals surface area contributed by atoms with Crippen molar-refractivity contribution in [3.05, 3.63) is 34.9 Å². The molecule has 9 nitrogen and oxygen atoms in total. The van der Waals surface area contributed by atoms with Crippen LogP contribution in [-0.4, -0.2) is 56.7 Å². The first-order chi connectivity index (χ1) is 13.8. The first-order valence-corrected chi connectivity index (χ1v) is 9.38. The Morgan fingerprint density at radius 1 is 1.41 bits per heavy atom. The summed E-state index contributed by atoms with van der Waals surface area (Å²) in [5.74, 6) is -3.98. The van der Waals surface area contributed by atoms with Crippen molar-refractivity contribution in [3.63, 3.8) is 0 Å². The first kappa shape index (κ1) is 21.3. The number of hydrogen-bond donors (Lipinski definition) is 3. The van der Waals surface area contributed by atoms with E-state index in [0.29, 0.717) is 11.0 Å². The van der Waals surface area contributed by atoms with Crippen molar-refractivity contribution in [2.75, 3.05) is 11.9 Å². The van der Waals surface area contributed by atoms with Gasteiger partial charge >= 0.3 is 17.7 Å². The highest BCUT2D eigenvalue weighted by Crippen LogP contribution is 2.41. The lowest BCUT2D eigenvalue weighted by Crippen LogP contribution is -2.41. The second-order valence-electron chi connectivity index (χ2n) is 6.97. The summed E-state index contributed by atoms with van der Waals surface area (Å²) in [5.41, 5.74) is -1.12. The molecule has 0 saturated carbocycles. The zero-order chi connectivity index (χ0) is 21.0. The number of carbonyl (C=O) groups is 1. The zero-order valence-electron chi connectivity index (χ0n) is 15.5. The van der Waals surface area contributed by atoms with Gasteiger partial charge in [-0.25, -0.2) is 9.59 Å². The van der Waals surface area contributed by atoms with Gasteiger partial charge in [0, 0.05) is 6.20 Å². The van der Waals surface area contributed by atoms with Gasteiger partial charge in [0.05, 0.1) is 6.61 Å². The molecular weight excluding hydrogens is 392 g/mol. The number of aromatic nitrogens is 2. The second kappa shape index (κ2) is 8.97. The average Bonchev–Trinajstić information content (AvgIpc) is 2.87. The molecule has 2 heterocycles. The molecule has 1 aromatic rings. The Kier molecular flexibility index (Phi) is 6.60. The molecule has 29 heavy (non-hydrogen) atoms. The van der Waals surface area contributed by atoms with Gasteiger partial charge in [-0.05, 0) is 37.8 Å². The molecule has 0 radical (unpaired) electrons. The Labute approximate surface area is 165 Å². The molecule has 1 aromatic heterocycles. The minimum Gasteiger partial charge on any atom is -0.442 e. The van der Waals surface area contributed by atoms with Gasteiger partial charge in [-0.1, -0.05) is 12.5 Å². The number of nitrogens with zero attached hydrogens (tertiary/aromatic N) is 2. The van der Waals surface area contributed by atoms with Crippen molar-refractivity contribution >= 4 is 11.9 Å². The first-order valence-electron chi connectivity index (χ1n) is 9.38. The van der Waals surface area contributed by atoms with Crippen LogP contribution in [0.25, 0.3) is 0 Å². The van der Waals surface area contributed by atoms with Gasteiger partial charge < -0.3 is 19.7 Å². The monoisotopic (exact) mass is 415 g/mol. The van der Waals surface area contributed by atoms with E-state index in [2.05, 4.69) is 10.3 Å². The van der Waals surface area contributed by atoms with Gasteiger partial charge in [0.25, 0.3) is 0 Å². The van der Waals surface area contributed by atoms with Crippen LogP contribution in [0.5, 0.6) is 0 Å². The molecule has 3 rings (SSSR count). The molecule has 0 bridgehead atoms. The number of alkyl halides is 2. The van der Waals surface area contributed by atoms with Crippen molar-refractivity contribution < 1.29 is 33.3 Å². The summed E-state index contributed by atoms with van der Waals surface area (Å²) in [6.45, 7) is -0.837. The zero-order valence-corrected chi connectivity index (χ0v) is 15.5.